The Hall–Kier alpha value is -4.23. The number of fused-ring (bicyclic) bond motifs is 1. The summed E-state index contributed by atoms with van der Waals surface area (Å²) in [5.74, 6) is -1.20. The Labute approximate surface area is 194 Å². The van der Waals surface area contributed by atoms with Crippen LogP contribution in [0.3, 0.4) is 0 Å². The summed E-state index contributed by atoms with van der Waals surface area (Å²) in [6, 6.07) is 23.1. The fourth-order valence-electron chi connectivity index (χ4n) is 3.26. The zero-order valence-electron chi connectivity index (χ0n) is 17.4. The van der Waals surface area contributed by atoms with Gasteiger partial charge in [-0.2, -0.15) is 5.10 Å². The number of carbonyl (C=O) groups is 2. The van der Waals surface area contributed by atoms with E-state index in [1.165, 1.54) is 16.8 Å². The lowest BCUT2D eigenvalue weighted by Crippen LogP contribution is -2.42. The topological polar surface area (TPSA) is 93.1 Å². The number of benzene rings is 3. The molecule has 0 unspecified atom stereocenters. The van der Waals surface area contributed by atoms with E-state index >= 15 is 0 Å². The molecule has 0 bridgehead atoms. The van der Waals surface area contributed by atoms with E-state index in [1.807, 2.05) is 30.3 Å². The first-order chi connectivity index (χ1) is 16.0. The molecule has 2 N–H and O–H groups in total. The molecule has 7 nitrogen and oxygen atoms in total. The molecule has 0 fully saturated rings. The Kier molecular flexibility index (Phi) is 6.61. The molecule has 0 aliphatic heterocycles. The number of carbonyl (C=O) groups excluding carboxylic acids is 2. The minimum Gasteiger partial charge on any atom is -0.268 e. The van der Waals surface area contributed by atoms with Gasteiger partial charge < -0.3 is 0 Å². The van der Waals surface area contributed by atoms with Crippen molar-refractivity contribution < 1.29 is 9.59 Å². The number of rotatable bonds is 5. The Morgan fingerprint density at radius 2 is 1.55 bits per heavy atom. The van der Waals surface area contributed by atoms with Crippen LogP contribution < -0.4 is 16.4 Å². The van der Waals surface area contributed by atoms with Gasteiger partial charge in [0.2, 0.25) is 0 Å². The van der Waals surface area contributed by atoms with Gasteiger partial charge in [-0.3, -0.25) is 25.2 Å². The maximum absolute atomic E-state index is 12.9. The lowest BCUT2D eigenvalue weighted by Gasteiger charge is -2.11. The third-order valence-corrected chi connectivity index (χ3v) is 5.22. The fraction of sp³-hybridized carbons (Fsp3) is 0.0400. The van der Waals surface area contributed by atoms with E-state index in [9.17, 15) is 14.4 Å². The van der Waals surface area contributed by atoms with Crippen molar-refractivity contribution >= 4 is 40.3 Å². The summed E-state index contributed by atoms with van der Waals surface area (Å²) < 4.78 is 1.24. The maximum atomic E-state index is 12.9. The van der Waals surface area contributed by atoms with Crippen LogP contribution in [0.4, 0.5) is 0 Å². The van der Waals surface area contributed by atoms with E-state index in [1.54, 1.807) is 48.5 Å². The molecule has 0 atom stereocenters. The zero-order valence-corrected chi connectivity index (χ0v) is 18.1. The van der Waals surface area contributed by atoms with Crippen LogP contribution in [0.25, 0.3) is 16.8 Å². The molecule has 0 radical (unpaired) electrons. The number of nitrogens with zero attached hydrogens (tertiary/aromatic N) is 2. The Bertz CT molecular complexity index is 1410. The summed E-state index contributed by atoms with van der Waals surface area (Å²) in [5.41, 5.74) is 5.93. The van der Waals surface area contributed by atoms with Crippen molar-refractivity contribution in [3.8, 4) is 0 Å². The summed E-state index contributed by atoms with van der Waals surface area (Å²) in [6.45, 7) is 0.206. The van der Waals surface area contributed by atoms with Crippen LogP contribution in [0.1, 0.15) is 21.6 Å². The van der Waals surface area contributed by atoms with Gasteiger partial charge in [0.1, 0.15) is 0 Å². The monoisotopic (exact) mass is 458 g/mol. The third kappa shape index (κ3) is 5.16. The zero-order chi connectivity index (χ0) is 23.2. The molecule has 0 aliphatic rings. The predicted octanol–water partition coefficient (Wildman–Crippen LogP) is 3.57. The second kappa shape index (κ2) is 9.93. The molecular weight excluding hydrogens is 440 g/mol. The summed E-state index contributed by atoms with van der Waals surface area (Å²) in [5, 5.41) is 5.54. The number of hydrogen-bond acceptors (Lipinski definition) is 4. The molecule has 0 saturated heterocycles. The van der Waals surface area contributed by atoms with Gasteiger partial charge in [-0.05, 0) is 29.3 Å². The highest BCUT2D eigenvalue weighted by Crippen LogP contribution is 2.16. The molecule has 1 aromatic heterocycles. The second-order valence-electron chi connectivity index (χ2n) is 7.14. The number of hydrogen-bond donors (Lipinski definition) is 2. The minimum absolute atomic E-state index is 0.0246. The molecule has 164 valence electrons. The van der Waals surface area contributed by atoms with Crippen LogP contribution in [0.15, 0.2) is 89.7 Å². The molecule has 2 amide bonds. The Balaban J connectivity index is 1.56. The number of aromatic nitrogens is 2. The van der Waals surface area contributed by atoms with Crippen LogP contribution in [-0.2, 0) is 11.3 Å². The molecule has 33 heavy (non-hydrogen) atoms. The van der Waals surface area contributed by atoms with Crippen LogP contribution in [0, 0.1) is 0 Å². The van der Waals surface area contributed by atoms with Crippen molar-refractivity contribution in [2.45, 2.75) is 6.54 Å². The van der Waals surface area contributed by atoms with Crippen LogP contribution in [0.5, 0.6) is 0 Å². The highest BCUT2D eigenvalue weighted by Gasteiger charge is 2.17. The first-order valence-corrected chi connectivity index (χ1v) is 10.5. The van der Waals surface area contributed by atoms with E-state index in [2.05, 4.69) is 16.0 Å². The molecule has 0 spiro atoms. The van der Waals surface area contributed by atoms with Crippen molar-refractivity contribution in [1.82, 2.24) is 20.6 Å². The van der Waals surface area contributed by atoms with Crippen LogP contribution in [-0.4, -0.2) is 21.6 Å². The largest absolute Gasteiger partial charge is 0.290 e. The summed E-state index contributed by atoms with van der Waals surface area (Å²) in [7, 11) is 0. The second-order valence-corrected chi connectivity index (χ2v) is 7.55. The maximum Gasteiger partial charge on any atom is 0.290 e. The van der Waals surface area contributed by atoms with Crippen molar-refractivity contribution in [2.75, 3.05) is 0 Å². The molecular formula is C25H19ClN4O3. The van der Waals surface area contributed by atoms with Gasteiger partial charge in [0.05, 0.1) is 11.9 Å². The van der Waals surface area contributed by atoms with Gasteiger partial charge in [-0.25, -0.2) is 4.68 Å². The SMILES string of the molecule is O=C(/C=C/c1ccccc1Cl)NNC(=O)c1nn(Cc2ccccc2)c(=O)c2ccccc12. The molecule has 4 rings (SSSR count). The molecule has 0 saturated carbocycles. The smallest absolute Gasteiger partial charge is 0.268 e. The van der Waals surface area contributed by atoms with Crippen molar-refractivity contribution in [3.05, 3.63) is 117 Å². The number of hydrazine groups is 1. The lowest BCUT2D eigenvalue weighted by molar-refractivity contribution is -0.117. The Morgan fingerprint density at radius 3 is 2.30 bits per heavy atom. The molecule has 8 heteroatoms. The number of amides is 2. The van der Waals surface area contributed by atoms with Crippen LogP contribution >= 0.6 is 11.6 Å². The van der Waals surface area contributed by atoms with Gasteiger partial charge in [-0.15, -0.1) is 0 Å². The van der Waals surface area contributed by atoms with Gasteiger partial charge in [-0.1, -0.05) is 78.3 Å². The van der Waals surface area contributed by atoms with Crippen molar-refractivity contribution in [1.29, 1.82) is 0 Å². The highest BCUT2D eigenvalue weighted by molar-refractivity contribution is 6.32. The van der Waals surface area contributed by atoms with Gasteiger partial charge in [0.25, 0.3) is 17.4 Å². The van der Waals surface area contributed by atoms with Gasteiger partial charge in [0.15, 0.2) is 5.69 Å². The fourth-order valence-corrected chi connectivity index (χ4v) is 3.46. The molecule has 1 heterocycles. The van der Waals surface area contributed by atoms with E-state index < -0.39 is 11.8 Å². The van der Waals surface area contributed by atoms with Gasteiger partial charge in [0, 0.05) is 16.5 Å². The first kappa shape index (κ1) is 22.0. The summed E-state index contributed by atoms with van der Waals surface area (Å²) in [6.07, 6.45) is 2.79. The predicted molar refractivity (Wildman–Crippen MR) is 128 cm³/mol. The highest BCUT2D eigenvalue weighted by atomic mass is 35.5. The quantitative estimate of drug-likeness (QED) is 0.353. The molecule has 0 aliphatic carbocycles. The van der Waals surface area contributed by atoms with Crippen LogP contribution in [0.2, 0.25) is 5.02 Å². The third-order valence-electron chi connectivity index (χ3n) is 4.88. The normalized spacial score (nSPS) is 10.9. The van der Waals surface area contributed by atoms with E-state index in [4.69, 9.17) is 11.6 Å². The van der Waals surface area contributed by atoms with Gasteiger partial charge >= 0.3 is 0 Å². The van der Waals surface area contributed by atoms with E-state index in [0.717, 1.165) is 5.56 Å². The average Bonchev–Trinajstić information content (AvgIpc) is 2.84. The summed E-state index contributed by atoms with van der Waals surface area (Å²) >= 11 is 6.07. The van der Waals surface area contributed by atoms with Crippen molar-refractivity contribution in [2.24, 2.45) is 0 Å². The van der Waals surface area contributed by atoms with E-state index in [0.29, 0.717) is 21.4 Å². The summed E-state index contributed by atoms with van der Waals surface area (Å²) in [4.78, 5) is 37.9. The van der Waals surface area contributed by atoms with E-state index in [-0.39, 0.29) is 17.8 Å². The Morgan fingerprint density at radius 1 is 0.879 bits per heavy atom. The minimum atomic E-state index is -0.646. The lowest BCUT2D eigenvalue weighted by atomic mass is 10.1. The standard InChI is InChI=1S/C25H19ClN4O3/c26-21-13-7-4-10-18(21)14-15-22(31)27-28-24(32)23-19-11-5-6-12-20(19)25(33)30(29-23)16-17-8-2-1-3-9-17/h1-15H,16H2,(H,27,31)(H,28,32)/b15-14+. The average molecular weight is 459 g/mol. The van der Waals surface area contributed by atoms with Crippen molar-refractivity contribution in [3.63, 3.8) is 0 Å². The molecule has 3 aromatic carbocycles. The number of halogens is 1. The number of nitrogens with one attached hydrogen (secondary N) is 2. The first-order valence-electron chi connectivity index (χ1n) is 10.1. The molecule has 4 aromatic rings.